The van der Waals surface area contributed by atoms with Crippen molar-refractivity contribution in [3.8, 4) is 17.2 Å². The molecule has 1 atom stereocenters. The number of fused-ring (bicyclic) bond motifs is 1. The molecule has 0 radical (unpaired) electrons. The van der Waals surface area contributed by atoms with Crippen molar-refractivity contribution in [3.63, 3.8) is 0 Å². The van der Waals surface area contributed by atoms with Gasteiger partial charge in [-0.1, -0.05) is 32.9 Å². The molecule has 2 aromatic carbocycles. The number of benzene rings is 2. The Morgan fingerprint density at radius 3 is 2.69 bits per heavy atom. The molecular weight excluding hydrogens is 410 g/mol. The van der Waals surface area contributed by atoms with Crippen molar-refractivity contribution in [2.45, 2.75) is 33.2 Å². The summed E-state index contributed by atoms with van der Waals surface area (Å²) in [5.41, 5.74) is 1.16. The third kappa shape index (κ3) is 4.02. The first kappa shape index (κ1) is 21.7. The summed E-state index contributed by atoms with van der Waals surface area (Å²) in [5, 5.41) is 11.2. The van der Waals surface area contributed by atoms with Crippen LogP contribution in [0.2, 0.25) is 0 Å². The second-order valence-corrected chi connectivity index (χ2v) is 8.34. The summed E-state index contributed by atoms with van der Waals surface area (Å²) in [6.45, 7) is 7.11. The topological polar surface area (TPSA) is 85.3 Å². The monoisotopic (exact) mass is 437 g/mol. The van der Waals surface area contributed by atoms with Crippen LogP contribution in [0.1, 0.15) is 44.4 Å². The first-order chi connectivity index (χ1) is 15.4. The van der Waals surface area contributed by atoms with E-state index in [-0.39, 0.29) is 18.1 Å². The zero-order chi connectivity index (χ0) is 22.8. The second-order valence-electron chi connectivity index (χ2n) is 8.34. The number of carbonyl (C=O) groups is 2. The van der Waals surface area contributed by atoms with E-state index in [1.54, 1.807) is 18.2 Å². The average molecular weight is 437 g/mol. The van der Waals surface area contributed by atoms with Crippen LogP contribution in [0, 0.1) is 5.92 Å². The molecule has 1 N–H and O–H groups in total. The van der Waals surface area contributed by atoms with E-state index >= 15 is 0 Å². The molecule has 0 aromatic heterocycles. The number of nitrogens with zero attached hydrogens (tertiary/aromatic N) is 1. The van der Waals surface area contributed by atoms with E-state index in [1.807, 2.05) is 31.2 Å². The molecule has 32 heavy (non-hydrogen) atoms. The summed E-state index contributed by atoms with van der Waals surface area (Å²) < 4.78 is 16.6. The molecule has 0 saturated carbocycles. The predicted octanol–water partition coefficient (Wildman–Crippen LogP) is 4.28. The van der Waals surface area contributed by atoms with Crippen LogP contribution in [0.5, 0.6) is 17.2 Å². The van der Waals surface area contributed by atoms with Gasteiger partial charge in [0.2, 0.25) is 6.79 Å². The molecule has 2 aromatic rings. The molecule has 168 valence electrons. The molecule has 1 amide bonds. The maximum atomic E-state index is 13.0. The first-order valence-corrected chi connectivity index (χ1v) is 10.8. The summed E-state index contributed by atoms with van der Waals surface area (Å²) in [5.74, 6) is 0.507. The van der Waals surface area contributed by atoms with E-state index in [0.29, 0.717) is 53.9 Å². The normalized spacial score (nSPS) is 19.1. The maximum Gasteiger partial charge on any atom is 0.295 e. The quantitative estimate of drug-likeness (QED) is 0.395. The fraction of sp³-hybridized carbons (Fsp3) is 0.360. The lowest BCUT2D eigenvalue weighted by Crippen LogP contribution is -2.30. The van der Waals surface area contributed by atoms with E-state index in [0.717, 1.165) is 0 Å². The Morgan fingerprint density at radius 1 is 1.16 bits per heavy atom. The molecule has 0 spiro atoms. The predicted molar refractivity (Wildman–Crippen MR) is 119 cm³/mol. The van der Waals surface area contributed by atoms with Crippen molar-refractivity contribution in [1.82, 2.24) is 4.90 Å². The van der Waals surface area contributed by atoms with E-state index < -0.39 is 17.7 Å². The summed E-state index contributed by atoms with van der Waals surface area (Å²) >= 11 is 0. The SMILES string of the molecule is CCCN1C(=O)C(=O)/C(=C(\O)c2ccc3c(c2)OCO3)C1c1cccc(OCC(C)C)c1. The number of aliphatic hydroxyl groups excluding tert-OH is 1. The van der Waals surface area contributed by atoms with Gasteiger partial charge in [-0.2, -0.15) is 0 Å². The van der Waals surface area contributed by atoms with Crippen molar-refractivity contribution >= 4 is 17.4 Å². The number of hydrogen-bond donors (Lipinski definition) is 1. The summed E-state index contributed by atoms with van der Waals surface area (Å²) in [6.07, 6.45) is 0.678. The van der Waals surface area contributed by atoms with Crippen LogP contribution in [-0.2, 0) is 9.59 Å². The Kier molecular flexibility index (Phi) is 6.08. The zero-order valence-corrected chi connectivity index (χ0v) is 18.5. The number of rotatable bonds is 7. The van der Waals surface area contributed by atoms with Gasteiger partial charge in [0.05, 0.1) is 18.2 Å². The van der Waals surface area contributed by atoms with Gasteiger partial charge >= 0.3 is 0 Å². The van der Waals surface area contributed by atoms with Gasteiger partial charge in [-0.3, -0.25) is 9.59 Å². The molecule has 2 heterocycles. The van der Waals surface area contributed by atoms with E-state index in [4.69, 9.17) is 14.2 Å². The average Bonchev–Trinajstić information content (AvgIpc) is 3.35. The summed E-state index contributed by atoms with van der Waals surface area (Å²) in [4.78, 5) is 27.4. The number of aliphatic hydroxyl groups is 1. The Bertz CT molecular complexity index is 1070. The molecular formula is C25H27NO6. The zero-order valence-electron chi connectivity index (χ0n) is 18.5. The Morgan fingerprint density at radius 2 is 1.94 bits per heavy atom. The van der Waals surface area contributed by atoms with Gasteiger partial charge in [0, 0.05) is 12.1 Å². The van der Waals surface area contributed by atoms with Gasteiger partial charge in [0.1, 0.15) is 11.5 Å². The number of hydrogen-bond acceptors (Lipinski definition) is 6. The molecule has 2 aliphatic heterocycles. The lowest BCUT2D eigenvalue weighted by molar-refractivity contribution is -0.139. The van der Waals surface area contributed by atoms with Gasteiger partial charge in [-0.05, 0) is 48.2 Å². The highest BCUT2D eigenvalue weighted by Crippen LogP contribution is 2.42. The van der Waals surface area contributed by atoms with Crippen LogP contribution in [-0.4, -0.2) is 41.6 Å². The van der Waals surface area contributed by atoms with Crippen LogP contribution in [0.4, 0.5) is 0 Å². The fourth-order valence-corrected chi connectivity index (χ4v) is 3.93. The van der Waals surface area contributed by atoms with E-state index in [1.165, 1.54) is 4.90 Å². The van der Waals surface area contributed by atoms with Gasteiger partial charge in [-0.15, -0.1) is 0 Å². The number of amides is 1. The lowest BCUT2D eigenvalue weighted by atomic mass is 9.95. The van der Waals surface area contributed by atoms with Gasteiger partial charge in [0.25, 0.3) is 11.7 Å². The number of Topliss-reactive ketones (excluding diaryl/α,β-unsaturated/α-hetero) is 1. The third-order valence-corrected chi connectivity index (χ3v) is 5.41. The molecule has 1 unspecified atom stereocenters. The highest BCUT2D eigenvalue weighted by Gasteiger charge is 2.45. The van der Waals surface area contributed by atoms with Crippen molar-refractivity contribution in [2.75, 3.05) is 19.9 Å². The van der Waals surface area contributed by atoms with Crippen molar-refractivity contribution < 1.29 is 28.9 Å². The molecule has 7 heteroatoms. The number of ketones is 1. The molecule has 4 rings (SSSR count). The minimum atomic E-state index is -0.706. The van der Waals surface area contributed by atoms with Crippen molar-refractivity contribution in [1.29, 1.82) is 0 Å². The Hall–Kier alpha value is -3.48. The molecule has 2 aliphatic rings. The third-order valence-electron chi connectivity index (χ3n) is 5.41. The minimum Gasteiger partial charge on any atom is -0.507 e. The highest BCUT2D eigenvalue weighted by atomic mass is 16.7. The van der Waals surface area contributed by atoms with Gasteiger partial charge in [0.15, 0.2) is 11.5 Å². The van der Waals surface area contributed by atoms with E-state index in [2.05, 4.69) is 13.8 Å². The standard InChI is InChI=1S/C25H27NO6/c1-4-10-26-22(16-6-5-7-18(11-16)30-13-15(2)3)21(24(28)25(26)29)23(27)17-8-9-19-20(12-17)32-14-31-19/h5-9,11-12,15,22,27H,4,10,13-14H2,1-3H3/b23-21-. The van der Waals surface area contributed by atoms with Crippen LogP contribution in [0.3, 0.4) is 0 Å². The Balaban J connectivity index is 1.79. The fourth-order valence-electron chi connectivity index (χ4n) is 3.93. The van der Waals surface area contributed by atoms with Crippen LogP contribution in [0.25, 0.3) is 5.76 Å². The number of ether oxygens (including phenoxy) is 3. The summed E-state index contributed by atoms with van der Waals surface area (Å²) in [7, 11) is 0. The van der Waals surface area contributed by atoms with Crippen LogP contribution < -0.4 is 14.2 Å². The molecule has 0 aliphatic carbocycles. The van der Waals surface area contributed by atoms with Crippen molar-refractivity contribution in [2.24, 2.45) is 5.92 Å². The lowest BCUT2D eigenvalue weighted by Gasteiger charge is -2.25. The van der Waals surface area contributed by atoms with Gasteiger partial charge in [-0.25, -0.2) is 0 Å². The second kappa shape index (κ2) is 8.94. The van der Waals surface area contributed by atoms with E-state index in [9.17, 15) is 14.7 Å². The molecule has 1 fully saturated rings. The minimum absolute atomic E-state index is 0.0586. The van der Waals surface area contributed by atoms with Crippen LogP contribution >= 0.6 is 0 Å². The maximum absolute atomic E-state index is 13.0. The van der Waals surface area contributed by atoms with Crippen LogP contribution in [0.15, 0.2) is 48.0 Å². The van der Waals surface area contributed by atoms with Crippen molar-refractivity contribution in [3.05, 3.63) is 59.2 Å². The number of likely N-dealkylation sites (tertiary alicyclic amines) is 1. The van der Waals surface area contributed by atoms with Gasteiger partial charge < -0.3 is 24.2 Å². The largest absolute Gasteiger partial charge is 0.507 e. The number of carbonyl (C=O) groups excluding carboxylic acids is 2. The Labute approximate surface area is 187 Å². The molecule has 0 bridgehead atoms. The molecule has 7 nitrogen and oxygen atoms in total. The summed E-state index contributed by atoms with van der Waals surface area (Å²) in [6, 6.07) is 11.6. The smallest absolute Gasteiger partial charge is 0.295 e. The first-order valence-electron chi connectivity index (χ1n) is 10.8. The highest BCUT2D eigenvalue weighted by molar-refractivity contribution is 6.46. The molecule has 1 saturated heterocycles.